The lowest BCUT2D eigenvalue weighted by Crippen LogP contribution is -2.42. The Hall–Kier alpha value is -1.17. The van der Waals surface area contributed by atoms with Gasteiger partial charge in [0, 0.05) is 37.3 Å². The Bertz CT molecular complexity index is 409. The molecule has 1 heterocycles. The third-order valence-corrected chi connectivity index (χ3v) is 3.15. The number of halogens is 1. The molecule has 2 rings (SSSR count). The van der Waals surface area contributed by atoms with E-state index in [1.54, 1.807) is 21.3 Å². The van der Waals surface area contributed by atoms with Crippen LogP contribution in [0, 0.1) is 0 Å². The molecular weight excluding hydrogens is 268 g/mol. The van der Waals surface area contributed by atoms with Crippen LogP contribution in [0.3, 0.4) is 0 Å². The van der Waals surface area contributed by atoms with Crippen LogP contribution in [-0.2, 0) is 0 Å². The van der Waals surface area contributed by atoms with Gasteiger partial charge in [-0.1, -0.05) is 0 Å². The van der Waals surface area contributed by atoms with Crippen molar-refractivity contribution >= 4 is 12.4 Å². The zero-order chi connectivity index (χ0) is 13.0. The first kappa shape index (κ1) is 15.9. The third-order valence-electron chi connectivity index (χ3n) is 3.15. The predicted molar refractivity (Wildman–Crippen MR) is 77.0 cm³/mol. The van der Waals surface area contributed by atoms with Crippen molar-refractivity contribution < 1.29 is 14.2 Å². The van der Waals surface area contributed by atoms with Crippen molar-refractivity contribution in [3.8, 4) is 17.2 Å². The molecule has 2 N–H and O–H groups in total. The second kappa shape index (κ2) is 7.43. The SMILES string of the molecule is COc1cc(OC)c([C@@H]2CNCCN2)cc1OC.Cl. The van der Waals surface area contributed by atoms with Crippen LogP contribution >= 0.6 is 12.4 Å². The van der Waals surface area contributed by atoms with E-state index in [-0.39, 0.29) is 18.4 Å². The Labute approximate surface area is 120 Å². The lowest BCUT2D eigenvalue weighted by molar-refractivity contribution is 0.342. The Balaban J connectivity index is 0.00000180. The molecular formula is C13H21ClN2O3. The molecule has 0 amide bonds. The number of hydrogen-bond donors (Lipinski definition) is 2. The minimum atomic E-state index is 0. The van der Waals surface area contributed by atoms with E-state index in [1.807, 2.05) is 12.1 Å². The molecule has 1 aromatic rings. The summed E-state index contributed by atoms with van der Waals surface area (Å²) in [4.78, 5) is 0. The molecule has 19 heavy (non-hydrogen) atoms. The maximum absolute atomic E-state index is 5.44. The average molecular weight is 289 g/mol. The second-order valence-corrected chi connectivity index (χ2v) is 4.16. The maximum atomic E-state index is 5.44. The van der Waals surface area contributed by atoms with Crippen LogP contribution in [-0.4, -0.2) is 41.0 Å². The van der Waals surface area contributed by atoms with E-state index < -0.39 is 0 Å². The summed E-state index contributed by atoms with van der Waals surface area (Å²) < 4.78 is 16.1. The molecule has 1 atom stereocenters. The Morgan fingerprint density at radius 1 is 0.947 bits per heavy atom. The van der Waals surface area contributed by atoms with Crippen LogP contribution in [0.2, 0.25) is 0 Å². The monoisotopic (exact) mass is 288 g/mol. The van der Waals surface area contributed by atoms with Crippen molar-refractivity contribution in [3.63, 3.8) is 0 Å². The molecule has 1 aliphatic heterocycles. The highest BCUT2D eigenvalue weighted by Crippen LogP contribution is 2.37. The predicted octanol–water partition coefficient (Wildman–Crippen LogP) is 1.37. The number of nitrogens with one attached hydrogen (secondary N) is 2. The van der Waals surface area contributed by atoms with Crippen LogP contribution in [0.15, 0.2) is 12.1 Å². The minimum Gasteiger partial charge on any atom is -0.496 e. The summed E-state index contributed by atoms with van der Waals surface area (Å²) in [6, 6.07) is 4.07. The van der Waals surface area contributed by atoms with Gasteiger partial charge in [0.25, 0.3) is 0 Å². The fraction of sp³-hybridized carbons (Fsp3) is 0.538. The highest BCUT2D eigenvalue weighted by atomic mass is 35.5. The Kier molecular flexibility index (Phi) is 6.21. The second-order valence-electron chi connectivity index (χ2n) is 4.16. The van der Waals surface area contributed by atoms with Gasteiger partial charge in [0.05, 0.1) is 21.3 Å². The van der Waals surface area contributed by atoms with Crippen molar-refractivity contribution in [2.75, 3.05) is 41.0 Å². The first-order valence-corrected chi connectivity index (χ1v) is 6.04. The standard InChI is InChI=1S/C13H20N2O3.ClH/c1-16-11-7-13(18-3)12(17-2)6-9(11)10-8-14-4-5-15-10;/h6-7,10,14-15H,4-5,8H2,1-3H3;1H/t10-;/m0./s1. The van der Waals surface area contributed by atoms with Crippen molar-refractivity contribution in [3.05, 3.63) is 17.7 Å². The van der Waals surface area contributed by atoms with Crippen LogP contribution in [0.25, 0.3) is 0 Å². The number of benzene rings is 1. The average Bonchev–Trinajstić information content (AvgIpc) is 2.46. The first-order valence-electron chi connectivity index (χ1n) is 6.04. The van der Waals surface area contributed by atoms with Gasteiger partial charge >= 0.3 is 0 Å². The van der Waals surface area contributed by atoms with Crippen molar-refractivity contribution in [2.24, 2.45) is 0 Å². The van der Waals surface area contributed by atoms with Crippen molar-refractivity contribution in [1.82, 2.24) is 10.6 Å². The van der Waals surface area contributed by atoms with Gasteiger partial charge in [-0.25, -0.2) is 0 Å². The van der Waals surface area contributed by atoms with E-state index in [2.05, 4.69) is 10.6 Å². The smallest absolute Gasteiger partial charge is 0.164 e. The van der Waals surface area contributed by atoms with E-state index in [0.29, 0.717) is 5.75 Å². The summed E-state index contributed by atoms with van der Waals surface area (Å²) >= 11 is 0. The van der Waals surface area contributed by atoms with Gasteiger partial charge in [0.2, 0.25) is 0 Å². The van der Waals surface area contributed by atoms with Gasteiger partial charge in [-0.15, -0.1) is 12.4 Å². The fourth-order valence-electron chi connectivity index (χ4n) is 2.20. The number of ether oxygens (including phenoxy) is 3. The quantitative estimate of drug-likeness (QED) is 0.876. The fourth-order valence-corrected chi connectivity index (χ4v) is 2.20. The van der Waals surface area contributed by atoms with E-state index in [1.165, 1.54) is 0 Å². The lowest BCUT2D eigenvalue weighted by Gasteiger charge is -2.27. The Morgan fingerprint density at radius 2 is 1.58 bits per heavy atom. The van der Waals surface area contributed by atoms with Gasteiger partial charge in [0.1, 0.15) is 5.75 Å². The van der Waals surface area contributed by atoms with Gasteiger partial charge in [-0.3, -0.25) is 0 Å². The molecule has 0 aliphatic carbocycles. The first-order chi connectivity index (χ1) is 8.80. The lowest BCUT2D eigenvalue weighted by atomic mass is 10.0. The highest BCUT2D eigenvalue weighted by molar-refractivity contribution is 5.85. The largest absolute Gasteiger partial charge is 0.496 e. The zero-order valence-corrected chi connectivity index (χ0v) is 12.3. The Morgan fingerprint density at radius 3 is 2.11 bits per heavy atom. The molecule has 1 aromatic carbocycles. The zero-order valence-electron chi connectivity index (χ0n) is 11.5. The molecule has 0 unspecified atom stereocenters. The molecule has 0 saturated carbocycles. The molecule has 0 radical (unpaired) electrons. The highest BCUT2D eigenvalue weighted by Gasteiger charge is 2.21. The molecule has 1 aliphatic rings. The van der Waals surface area contributed by atoms with E-state index >= 15 is 0 Å². The summed E-state index contributed by atoms with van der Waals surface area (Å²) in [5.41, 5.74) is 1.09. The maximum Gasteiger partial charge on any atom is 0.164 e. The summed E-state index contributed by atoms with van der Waals surface area (Å²) in [7, 11) is 4.93. The molecule has 1 saturated heterocycles. The van der Waals surface area contributed by atoms with Crippen LogP contribution in [0.1, 0.15) is 11.6 Å². The summed E-state index contributed by atoms with van der Waals surface area (Å²) in [6.07, 6.45) is 0. The van der Waals surface area contributed by atoms with Gasteiger partial charge < -0.3 is 24.8 Å². The normalized spacial score (nSPS) is 18.4. The molecule has 108 valence electrons. The summed E-state index contributed by atoms with van der Waals surface area (Å²) in [6.45, 7) is 2.82. The van der Waals surface area contributed by atoms with Gasteiger partial charge in [0.15, 0.2) is 11.5 Å². The number of hydrogen-bond acceptors (Lipinski definition) is 5. The van der Waals surface area contributed by atoms with E-state index in [4.69, 9.17) is 14.2 Å². The van der Waals surface area contributed by atoms with Crippen LogP contribution in [0.4, 0.5) is 0 Å². The minimum absolute atomic E-state index is 0. The molecule has 5 nitrogen and oxygen atoms in total. The van der Waals surface area contributed by atoms with Crippen LogP contribution < -0.4 is 24.8 Å². The summed E-state index contributed by atoms with van der Waals surface area (Å²) in [5.74, 6) is 2.22. The summed E-state index contributed by atoms with van der Waals surface area (Å²) in [5, 5.41) is 6.82. The number of piperazine rings is 1. The van der Waals surface area contributed by atoms with Crippen LogP contribution in [0.5, 0.6) is 17.2 Å². The van der Waals surface area contributed by atoms with E-state index in [0.717, 1.165) is 36.7 Å². The molecule has 0 bridgehead atoms. The van der Waals surface area contributed by atoms with E-state index in [9.17, 15) is 0 Å². The van der Waals surface area contributed by atoms with Gasteiger partial charge in [-0.2, -0.15) is 0 Å². The molecule has 6 heteroatoms. The number of methoxy groups -OCH3 is 3. The number of rotatable bonds is 4. The van der Waals surface area contributed by atoms with Gasteiger partial charge in [-0.05, 0) is 6.07 Å². The van der Waals surface area contributed by atoms with Crippen molar-refractivity contribution in [2.45, 2.75) is 6.04 Å². The molecule has 1 fully saturated rings. The van der Waals surface area contributed by atoms with Crippen molar-refractivity contribution in [1.29, 1.82) is 0 Å². The molecule has 0 aromatic heterocycles. The molecule has 0 spiro atoms. The third kappa shape index (κ3) is 3.43. The topological polar surface area (TPSA) is 51.8 Å².